The van der Waals surface area contributed by atoms with Crippen LogP contribution in [-0.2, 0) is 4.79 Å². The monoisotopic (exact) mass is 457 g/mol. The summed E-state index contributed by atoms with van der Waals surface area (Å²) in [6.45, 7) is 0. The fourth-order valence-electron chi connectivity index (χ4n) is 3.56. The highest BCUT2D eigenvalue weighted by Crippen LogP contribution is 2.23. The van der Waals surface area contributed by atoms with Gasteiger partial charge in [-0.15, -0.1) is 0 Å². The van der Waals surface area contributed by atoms with Crippen molar-refractivity contribution in [2.24, 2.45) is 0 Å². The van der Waals surface area contributed by atoms with E-state index in [1.54, 1.807) is 12.1 Å². The lowest BCUT2D eigenvalue weighted by Crippen LogP contribution is -2.41. The molecule has 2 aromatic carbocycles. The van der Waals surface area contributed by atoms with Crippen LogP contribution in [0.1, 0.15) is 48.0 Å². The Morgan fingerprint density at radius 3 is 2.56 bits per heavy atom. The van der Waals surface area contributed by atoms with Crippen LogP contribution in [0.5, 0.6) is 5.75 Å². The highest BCUT2D eigenvalue weighted by molar-refractivity contribution is 6.34. The minimum Gasteiger partial charge on any atom is -0.497 e. The molecule has 1 fully saturated rings. The first kappa shape index (κ1) is 23.3. The van der Waals surface area contributed by atoms with E-state index in [0.29, 0.717) is 11.3 Å². The number of ether oxygens (including phenoxy) is 1. The Morgan fingerprint density at radius 2 is 1.91 bits per heavy atom. The van der Waals surface area contributed by atoms with E-state index in [-0.39, 0.29) is 28.0 Å². The average molecular weight is 458 g/mol. The molecular weight excluding hydrogens is 434 g/mol. The minimum absolute atomic E-state index is 0.0197. The number of nitrogens with zero attached hydrogens (tertiary/aromatic N) is 1. The number of carbonyl (C=O) groups is 2. The molecule has 0 bridgehead atoms. The molecule has 0 saturated heterocycles. The molecule has 32 heavy (non-hydrogen) atoms. The van der Waals surface area contributed by atoms with Gasteiger partial charge in [-0.2, -0.15) is 0 Å². The molecule has 1 saturated carbocycles. The zero-order valence-electron chi connectivity index (χ0n) is 17.6. The molecule has 0 heterocycles. The fraction of sp³-hybridized carbons (Fsp3) is 0.304. The zero-order chi connectivity index (χ0) is 23.1. The van der Waals surface area contributed by atoms with Gasteiger partial charge >= 0.3 is 0 Å². The van der Waals surface area contributed by atoms with Crippen molar-refractivity contribution in [2.75, 3.05) is 7.11 Å². The van der Waals surface area contributed by atoms with E-state index in [9.17, 15) is 19.7 Å². The Hall–Kier alpha value is -3.39. The maximum absolute atomic E-state index is 13.0. The number of halogens is 1. The number of hydrogen-bond acceptors (Lipinski definition) is 5. The van der Waals surface area contributed by atoms with Crippen molar-refractivity contribution in [1.29, 1.82) is 0 Å². The van der Waals surface area contributed by atoms with Gasteiger partial charge in [0.15, 0.2) is 0 Å². The summed E-state index contributed by atoms with van der Waals surface area (Å²) >= 11 is 6.20. The number of carbonyl (C=O) groups excluding carboxylic acids is 2. The Morgan fingerprint density at radius 1 is 1.16 bits per heavy atom. The zero-order valence-corrected chi connectivity index (χ0v) is 18.4. The Bertz CT molecular complexity index is 1050. The highest BCUT2D eigenvalue weighted by atomic mass is 35.5. The number of nitro groups is 1. The molecular formula is C23H24ClN3O5. The van der Waals surface area contributed by atoms with E-state index in [4.69, 9.17) is 16.3 Å². The molecule has 3 rings (SSSR count). The summed E-state index contributed by atoms with van der Waals surface area (Å²) in [7, 11) is 1.49. The van der Waals surface area contributed by atoms with Crippen LogP contribution in [0.2, 0.25) is 5.02 Å². The summed E-state index contributed by atoms with van der Waals surface area (Å²) in [6, 6.07) is 10.4. The van der Waals surface area contributed by atoms with E-state index in [1.165, 1.54) is 43.5 Å². The van der Waals surface area contributed by atoms with E-state index in [2.05, 4.69) is 10.6 Å². The van der Waals surface area contributed by atoms with Crippen LogP contribution in [0, 0.1) is 10.1 Å². The number of rotatable bonds is 7. The number of nitro benzene ring substituents is 1. The molecule has 0 unspecified atom stereocenters. The first-order chi connectivity index (χ1) is 15.4. The number of amides is 2. The molecule has 8 nitrogen and oxygen atoms in total. The summed E-state index contributed by atoms with van der Waals surface area (Å²) in [5, 5.41) is 16.8. The van der Waals surface area contributed by atoms with Gasteiger partial charge in [0, 0.05) is 18.2 Å². The van der Waals surface area contributed by atoms with Crippen molar-refractivity contribution < 1.29 is 19.2 Å². The van der Waals surface area contributed by atoms with Crippen LogP contribution in [0.15, 0.2) is 48.2 Å². The molecule has 0 aliphatic heterocycles. The first-order valence-corrected chi connectivity index (χ1v) is 10.7. The van der Waals surface area contributed by atoms with E-state index >= 15 is 0 Å². The number of hydrogen-bond donors (Lipinski definition) is 2. The Balaban J connectivity index is 1.89. The summed E-state index contributed by atoms with van der Waals surface area (Å²) in [4.78, 5) is 36.5. The molecule has 2 amide bonds. The normalized spacial score (nSPS) is 14.5. The standard InChI is InChI=1S/C23H24ClN3O5/c1-32-18-10-11-19(20(24)14-18)22(28)26-21(23(29)25-16-7-3-2-4-8-16)13-15-6-5-9-17(12-15)27(30)31/h5-6,9-14,16H,2-4,7-8H2,1H3,(H,25,29)(H,26,28)/b21-13+. The highest BCUT2D eigenvalue weighted by Gasteiger charge is 2.21. The molecule has 0 radical (unpaired) electrons. The van der Waals surface area contributed by atoms with Crippen molar-refractivity contribution in [3.63, 3.8) is 0 Å². The third-order valence-electron chi connectivity index (χ3n) is 5.25. The van der Waals surface area contributed by atoms with Gasteiger partial charge in [0.25, 0.3) is 17.5 Å². The molecule has 0 aromatic heterocycles. The second-order valence-electron chi connectivity index (χ2n) is 7.52. The van der Waals surface area contributed by atoms with Crippen molar-refractivity contribution in [2.45, 2.75) is 38.1 Å². The van der Waals surface area contributed by atoms with E-state index < -0.39 is 16.7 Å². The second-order valence-corrected chi connectivity index (χ2v) is 7.93. The topological polar surface area (TPSA) is 111 Å². The maximum Gasteiger partial charge on any atom is 0.270 e. The van der Waals surface area contributed by atoms with Crippen LogP contribution in [-0.4, -0.2) is 29.9 Å². The third-order valence-corrected chi connectivity index (χ3v) is 5.56. The molecule has 168 valence electrons. The summed E-state index contributed by atoms with van der Waals surface area (Å²) in [6.07, 6.45) is 6.35. The average Bonchev–Trinajstić information content (AvgIpc) is 2.79. The second kappa shape index (κ2) is 10.8. The lowest BCUT2D eigenvalue weighted by atomic mass is 9.95. The van der Waals surface area contributed by atoms with Gasteiger partial charge in [-0.3, -0.25) is 19.7 Å². The van der Waals surface area contributed by atoms with Crippen LogP contribution in [0.4, 0.5) is 5.69 Å². The SMILES string of the molecule is COc1ccc(C(=O)N/C(=C/c2cccc([N+](=O)[O-])c2)C(=O)NC2CCCCC2)c(Cl)c1. The number of non-ortho nitro benzene ring substituents is 1. The van der Waals surface area contributed by atoms with Gasteiger partial charge in [-0.1, -0.05) is 43.0 Å². The van der Waals surface area contributed by atoms with Crippen LogP contribution in [0.3, 0.4) is 0 Å². The number of nitrogens with one attached hydrogen (secondary N) is 2. The molecule has 9 heteroatoms. The van der Waals surface area contributed by atoms with Gasteiger partial charge in [0.2, 0.25) is 0 Å². The first-order valence-electron chi connectivity index (χ1n) is 10.3. The minimum atomic E-state index is -0.576. The molecule has 1 aliphatic carbocycles. The van der Waals surface area contributed by atoms with Gasteiger partial charge < -0.3 is 15.4 Å². The van der Waals surface area contributed by atoms with Gasteiger partial charge in [0.05, 0.1) is 22.6 Å². The van der Waals surface area contributed by atoms with Gasteiger partial charge in [0.1, 0.15) is 11.4 Å². The van der Waals surface area contributed by atoms with Gasteiger partial charge in [-0.05, 0) is 42.7 Å². The fourth-order valence-corrected chi connectivity index (χ4v) is 3.82. The lowest BCUT2D eigenvalue weighted by Gasteiger charge is -2.23. The maximum atomic E-state index is 13.0. The smallest absolute Gasteiger partial charge is 0.270 e. The van der Waals surface area contributed by atoms with Crippen LogP contribution < -0.4 is 15.4 Å². The molecule has 1 aliphatic rings. The summed E-state index contributed by atoms with van der Waals surface area (Å²) in [5.41, 5.74) is 0.445. The predicted octanol–water partition coefficient (Wildman–Crippen LogP) is 4.48. The third kappa shape index (κ3) is 6.07. The summed E-state index contributed by atoms with van der Waals surface area (Å²) in [5.74, 6) is -0.538. The van der Waals surface area contributed by atoms with E-state index in [0.717, 1.165) is 32.1 Å². The summed E-state index contributed by atoms with van der Waals surface area (Å²) < 4.78 is 5.10. The van der Waals surface area contributed by atoms with E-state index in [1.807, 2.05) is 0 Å². The van der Waals surface area contributed by atoms with Crippen molar-refractivity contribution in [3.8, 4) is 5.75 Å². The van der Waals surface area contributed by atoms with Crippen LogP contribution in [0.25, 0.3) is 6.08 Å². The van der Waals surface area contributed by atoms with Crippen molar-refractivity contribution in [1.82, 2.24) is 10.6 Å². The number of methoxy groups -OCH3 is 1. The molecule has 2 aromatic rings. The Labute approximate surface area is 190 Å². The molecule has 0 atom stereocenters. The Kier molecular flexibility index (Phi) is 7.83. The quantitative estimate of drug-likeness (QED) is 0.362. The largest absolute Gasteiger partial charge is 0.497 e. The lowest BCUT2D eigenvalue weighted by molar-refractivity contribution is -0.384. The predicted molar refractivity (Wildman–Crippen MR) is 122 cm³/mol. The van der Waals surface area contributed by atoms with Gasteiger partial charge in [-0.25, -0.2) is 0 Å². The molecule has 0 spiro atoms. The van der Waals surface area contributed by atoms with Crippen LogP contribution >= 0.6 is 11.6 Å². The molecule has 2 N–H and O–H groups in total. The van der Waals surface area contributed by atoms with Crippen molar-refractivity contribution >= 4 is 35.2 Å². The number of benzene rings is 2. The van der Waals surface area contributed by atoms with Crippen molar-refractivity contribution in [3.05, 3.63) is 74.4 Å².